The topological polar surface area (TPSA) is 15.3 Å². The van der Waals surface area contributed by atoms with E-state index in [4.69, 9.17) is 0 Å². The molecule has 0 saturated carbocycles. The second-order valence-electron chi connectivity index (χ2n) is 3.99. The molecule has 0 amide bonds. The maximum absolute atomic E-state index is 3.44. The second-order valence-corrected chi connectivity index (χ2v) is 3.99. The highest BCUT2D eigenvalue weighted by Gasteiger charge is 2.11. The lowest BCUT2D eigenvalue weighted by Crippen LogP contribution is -2.40. The zero-order valence-electron chi connectivity index (χ0n) is 8.79. The van der Waals surface area contributed by atoms with E-state index in [2.05, 4.69) is 41.4 Å². The summed E-state index contributed by atoms with van der Waals surface area (Å²) in [5.74, 6) is 0. The number of rotatable bonds is 4. The molecule has 1 aliphatic rings. The number of aryl methyl sites for hydroxylation is 1. The zero-order valence-corrected chi connectivity index (χ0v) is 8.79. The summed E-state index contributed by atoms with van der Waals surface area (Å²) in [5, 5.41) is 3.44. The third kappa shape index (κ3) is 2.48. The van der Waals surface area contributed by atoms with E-state index in [0.717, 1.165) is 6.54 Å². The van der Waals surface area contributed by atoms with Gasteiger partial charge in [0.1, 0.15) is 0 Å². The standard InChI is InChI=1S/C12H18N2/c1-11-4-2-5-12(10-11)13-6-9-14-7-3-8-14/h2,4-5,10,13H,3,6-9H2,1H3. The molecule has 1 saturated heterocycles. The van der Waals surface area contributed by atoms with Gasteiger partial charge in [-0.2, -0.15) is 0 Å². The maximum atomic E-state index is 3.44. The normalized spacial score (nSPS) is 16.4. The molecule has 1 aromatic rings. The van der Waals surface area contributed by atoms with Crippen molar-refractivity contribution < 1.29 is 0 Å². The molecule has 2 rings (SSSR count). The van der Waals surface area contributed by atoms with Crippen LogP contribution in [0.4, 0.5) is 5.69 Å². The van der Waals surface area contributed by atoms with Crippen molar-refractivity contribution in [2.45, 2.75) is 13.3 Å². The molecule has 0 radical (unpaired) electrons. The molecule has 1 aliphatic heterocycles. The maximum Gasteiger partial charge on any atom is 0.0343 e. The van der Waals surface area contributed by atoms with Crippen molar-refractivity contribution in [3.8, 4) is 0 Å². The summed E-state index contributed by atoms with van der Waals surface area (Å²) in [7, 11) is 0. The first-order valence-corrected chi connectivity index (χ1v) is 5.37. The number of hydrogen-bond donors (Lipinski definition) is 1. The van der Waals surface area contributed by atoms with Crippen molar-refractivity contribution in [3.63, 3.8) is 0 Å². The van der Waals surface area contributed by atoms with Crippen LogP contribution in [0.15, 0.2) is 24.3 Å². The lowest BCUT2D eigenvalue weighted by Gasteiger charge is -2.30. The van der Waals surface area contributed by atoms with Crippen LogP contribution in [0.25, 0.3) is 0 Å². The summed E-state index contributed by atoms with van der Waals surface area (Å²) in [6, 6.07) is 8.54. The van der Waals surface area contributed by atoms with E-state index < -0.39 is 0 Å². The lowest BCUT2D eigenvalue weighted by molar-refractivity contribution is 0.189. The molecule has 2 heteroatoms. The molecule has 0 aliphatic carbocycles. The van der Waals surface area contributed by atoms with Gasteiger partial charge in [-0.15, -0.1) is 0 Å². The first-order valence-electron chi connectivity index (χ1n) is 5.37. The van der Waals surface area contributed by atoms with Crippen molar-refractivity contribution >= 4 is 5.69 Å². The Morgan fingerprint density at radius 2 is 2.21 bits per heavy atom. The van der Waals surface area contributed by atoms with E-state index in [1.165, 1.54) is 37.3 Å². The molecule has 1 fully saturated rings. The van der Waals surface area contributed by atoms with Crippen LogP contribution in [-0.4, -0.2) is 31.1 Å². The minimum Gasteiger partial charge on any atom is -0.384 e. The van der Waals surface area contributed by atoms with Gasteiger partial charge in [-0.3, -0.25) is 0 Å². The monoisotopic (exact) mass is 190 g/mol. The average Bonchev–Trinajstić information content (AvgIpc) is 2.09. The summed E-state index contributed by atoms with van der Waals surface area (Å²) in [4.78, 5) is 2.47. The Balaban J connectivity index is 1.74. The van der Waals surface area contributed by atoms with Gasteiger partial charge >= 0.3 is 0 Å². The number of benzene rings is 1. The molecule has 0 unspecified atom stereocenters. The van der Waals surface area contributed by atoms with Crippen molar-refractivity contribution in [3.05, 3.63) is 29.8 Å². The fourth-order valence-corrected chi connectivity index (χ4v) is 1.72. The molecular weight excluding hydrogens is 172 g/mol. The van der Waals surface area contributed by atoms with Gasteiger partial charge < -0.3 is 10.2 Å². The Labute approximate surface area is 85.9 Å². The Kier molecular flexibility index (Phi) is 3.04. The summed E-state index contributed by atoms with van der Waals surface area (Å²) >= 11 is 0. The van der Waals surface area contributed by atoms with Crippen LogP contribution in [0.2, 0.25) is 0 Å². The van der Waals surface area contributed by atoms with Gasteiger partial charge in [-0.25, -0.2) is 0 Å². The molecule has 1 heterocycles. The predicted molar refractivity (Wildman–Crippen MR) is 60.7 cm³/mol. The molecule has 0 spiro atoms. The van der Waals surface area contributed by atoms with Crippen LogP contribution in [-0.2, 0) is 0 Å². The van der Waals surface area contributed by atoms with Gasteiger partial charge in [0.05, 0.1) is 0 Å². The number of anilines is 1. The molecular formula is C12H18N2. The summed E-state index contributed by atoms with van der Waals surface area (Å²) < 4.78 is 0. The number of nitrogens with zero attached hydrogens (tertiary/aromatic N) is 1. The number of likely N-dealkylation sites (tertiary alicyclic amines) is 1. The van der Waals surface area contributed by atoms with Crippen molar-refractivity contribution in [1.29, 1.82) is 0 Å². The van der Waals surface area contributed by atoms with Crippen LogP contribution in [0.1, 0.15) is 12.0 Å². The minimum absolute atomic E-state index is 1.06. The number of hydrogen-bond acceptors (Lipinski definition) is 2. The van der Waals surface area contributed by atoms with Gasteiger partial charge in [0.2, 0.25) is 0 Å². The van der Waals surface area contributed by atoms with Crippen LogP contribution in [0.5, 0.6) is 0 Å². The molecule has 2 nitrogen and oxygen atoms in total. The molecule has 1 aromatic carbocycles. The van der Waals surface area contributed by atoms with E-state index in [-0.39, 0.29) is 0 Å². The molecule has 0 bridgehead atoms. The third-order valence-corrected chi connectivity index (χ3v) is 2.72. The highest BCUT2D eigenvalue weighted by molar-refractivity contribution is 5.45. The Morgan fingerprint density at radius 1 is 1.36 bits per heavy atom. The molecule has 0 aromatic heterocycles. The molecule has 76 valence electrons. The van der Waals surface area contributed by atoms with Crippen molar-refractivity contribution in [2.24, 2.45) is 0 Å². The zero-order chi connectivity index (χ0) is 9.80. The summed E-state index contributed by atoms with van der Waals surface area (Å²) in [6.45, 7) is 6.93. The Hall–Kier alpha value is -1.02. The van der Waals surface area contributed by atoms with E-state index in [9.17, 15) is 0 Å². The van der Waals surface area contributed by atoms with Crippen LogP contribution in [0, 0.1) is 6.92 Å². The molecule has 1 N–H and O–H groups in total. The molecule has 14 heavy (non-hydrogen) atoms. The van der Waals surface area contributed by atoms with Crippen LogP contribution in [0.3, 0.4) is 0 Å². The predicted octanol–water partition coefficient (Wildman–Crippen LogP) is 2.11. The van der Waals surface area contributed by atoms with Gasteiger partial charge in [0.15, 0.2) is 0 Å². The van der Waals surface area contributed by atoms with Gasteiger partial charge in [-0.1, -0.05) is 12.1 Å². The Bertz CT molecular complexity index is 292. The van der Waals surface area contributed by atoms with E-state index in [1.807, 2.05) is 0 Å². The fourth-order valence-electron chi connectivity index (χ4n) is 1.72. The van der Waals surface area contributed by atoms with Crippen molar-refractivity contribution in [1.82, 2.24) is 4.90 Å². The second kappa shape index (κ2) is 4.47. The smallest absolute Gasteiger partial charge is 0.0343 e. The summed E-state index contributed by atoms with van der Waals surface area (Å²) in [6.07, 6.45) is 1.38. The van der Waals surface area contributed by atoms with Gasteiger partial charge in [0.25, 0.3) is 0 Å². The first kappa shape index (κ1) is 9.53. The summed E-state index contributed by atoms with van der Waals surface area (Å²) in [5.41, 5.74) is 2.56. The molecule has 0 atom stereocenters. The van der Waals surface area contributed by atoms with Crippen molar-refractivity contribution in [2.75, 3.05) is 31.5 Å². The van der Waals surface area contributed by atoms with E-state index >= 15 is 0 Å². The highest BCUT2D eigenvalue weighted by Crippen LogP contribution is 2.09. The average molecular weight is 190 g/mol. The van der Waals surface area contributed by atoms with Gasteiger partial charge in [-0.05, 0) is 44.1 Å². The highest BCUT2D eigenvalue weighted by atomic mass is 15.2. The van der Waals surface area contributed by atoms with Crippen LogP contribution >= 0.6 is 0 Å². The fraction of sp³-hybridized carbons (Fsp3) is 0.500. The third-order valence-electron chi connectivity index (χ3n) is 2.72. The first-order chi connectivity index (χ1) is 6.84. The number of nitrogens with one attached hydrogen (secondary N) is 1. The van der Waals surface area contributed by atoms with Gasteiger partial charge in [0, 0.05) is 18.8 Å². The van der Waals surface area contributed by atoms with Crippen LogP contribution < -0.4 is 5.32 Å². The lowest BCUT2D eigenvalue weighted by atomic mass is 10.2. The Morgan fingerprint density at radius 3 is 2.86 bits per heavy atom. The largest absolute Gasteiger partial charge is 0.384 e. The quantitative estimate of drug-likeness (QED) is 0.782. The van der Waals surface area contributed by atoms with E-state index in [1.54, 1.807) is 0 Å². The van der Waals surface area contributed by atoms with E-state index in [0.29, 0.717) is 0 Å². The minimum atomic E-state index is 1.06. The SMILES string of the molecule is Cc1cccc(NCCN2CCC2)c1.